The molecule has 0 radical (unpaired) electrons. The van der Waals surface area contributed by atoms with Crippen molar-refractivity contribution in [1.29, 1.82) is 0 Å². The van der Waals surface area contributed by atoms with Gasteiger partial charge in [-0.25, -0.2) is 9.98 Å². The first-order valence-electron chi connectivity index (χ1n) is 10.0. The topological polar surface area (TPSA) is 73.1 Å². The van der Waals surface area contributed by atoms with Crippen molar-refractivity contribution in [2.45, 2.75) is 63.4 Å². The molecule has 29 heavy (non-hydrogen) atoms. The molecular formula is C20H28F3N5O. The monoisotopic (exact) mass is 411 g/mol. The first-order valence-corrected chi connectivity index (χ1v) is 10.0. The van der Waals surface area contributed by atoms with Gasteiger partial charge in [-0.1, -0.05) is 0 Å². The number of anilines is 1. The van der Waals surface area contributed by atoms with Crippen LogP contribution in [-0.4, -0.2) is 60.5 Å². The van der Waals surface area contributed by atoms with E-state index in [1.165, 1.54) is 6.20 Å². The van der Waals surface area contributed by atoms with Gasteiger partial charge in [-0.15, -0.1) is 0 Å². The number of aliphatic imine (C=N–C) groups is 2. The van der Waals surface area contributed by atoms with Crippen molar-refractivity contribution in [3.05, 3.63) is 12.3 Å². The van der Waals surface area contributed by atoms with E-state index in [2.05, 4.69) is 27.0 Å². The molecule has 2 heterocycles. The highest BCUT2D eigenvalue weighted by atomic mass is 19.4. The number of halogens is 3. The minimum Gasteiger partial charge on any atom is -0.393 e. The summed E-state index contributed by atoms with van der Waals surface area (Å²) < 4.78 is 41.0. The van der Waals surface area contributed by atoms with Crippen LogP contribution in [0.15, 0.2) is 22.2 Å². The Morgan fingerprint density at radius 3 is 2.59 bits per heavy atom. The summed E-state index contributed by atoms with van der Waals surface area (Å²) in [4.78, 5) is 14.0. The Morgan fingerprint density at radius 1 is 1.24 bits per heavy atom. The Labute approximate surface area is 169 Å². The van der Waals surface area contributed by atoms with Crippen LogP contribution in [0.3, 0.4) is 0 Å². The standard InChI is InChI=1S/C20H28F3N5O/c1-3-25-18-17(8-9-26-19(18)24-2)28-11-13(20(21,22)23)10-15(12-28)27-14-4-6-16(29)7-5-14/h3,8-9,13-16,27,29H,2,4-7,10-12H2,1H3/b25-3-. The third kappa shape index (κ3) is 5.33. The highest BCUT2D eigenvalue weighted by Crippen LogP contribution is 2.40. The van der Waals surface area contributed by atoms with Gasteiger partial charge in [-0.3, -0.25) is 4.99 Å². The van der Waals surface area contributed by atoms with Crippen molar-refractivity contribution in [2.75, 3.05) is 18.0 Å². The molecule has 0 aromatic carbocycles. The molecule has 2 aliphatic rings. The molecule has 1 saturated carbocycles. The zero-order valence-electron chi connectivity index (χ0n) is 16.6. The van der Waals surface area contributed by atoms with Gasteiger partial charge in [-0.2, -0.15) is 13.2 Å². The van der Waals surface area contributed by atoms with Crippen LogP contribution in [0.1, 0.15) is 39.0 Å². The molecule has 3 rings (SSSR count). The summed E-state index contributed by atoms with van der Waals surface area (Å²) in [6.07, 6.45) is 1.49. The smallest absolute Gasteiger partial charge is 0.393 e. The van der Waals surface area contributed by atoms with Crippen LogP contribution in [0.2, 0.25) is 0 Å². The molecule has 2 atom stereocenters. The van der Waals surface area contributed by atoms with Crippen LogP contribution in [0.25, 0.3) is 0 Å². The SMILES string of the molecule is C=Nc1nccc(N2CC(NC3CCC(O)CC3)CC(C(F)(F)F)C2)c1/N=C\C. The van der Waals surface area contributed by atoms with Gasteiger partial charge in [0.25, 0.3) is 0 Å². The zero-order chi connectivity index (χ0) is 21.0. The molecule has 0 spiro atoms. The summed E-state index contributed by atoms with van der Waals surface area (Å²) in [5, 5.41) is 13.1. The normalized spacial score (nSPS) is 28.7. The van der Waals surface area contributed by atoms with Crippen molar-refractivity contribution < 1.29 is 18.3 Å². The molecule has 9 heteroatoms. The van der Waals surface area contributed by atoms with E-state index in [1.54, 1.807) is 24.1 Å². The van der Waals surface area contributed by atoms with Crippen molar-refractivity contribution in [1.82, 2.24) is 10.3 Å². The van der Waals surface area contributed by atoms with Gasteiger partial charge in [0, 0.05) is 37.6 Å². The van der Waals surface area contributed by atoms with Gasteiger partial charge >= 0.3 is 6.18 Å². The van der Waals surface area contributed by atoms with Crippen LogP contribution in [0, 0.1) is 5.92 Å². The lowest BCUT2D eigenvalue weighted by molar-refractivity contribution is -0.177. The Bertz CT molecular complexity index is 731. The number of hydrogen-bond donors (Lipinski definition) is 2. The second kappa shape index (κ2) is 9.21. The second-order valence-corrected chi connectivity index (χ2v) is 7.80. The molecule has 6 nitrogen and oxygen atoms in total. The summed E-state index contributed by atoms with van der Waals surface area (Å²) in [5.41, 5.74) is 1.02. The van der Waals surface area contributed by atoms with Crippen LogP contribution < -0.4 is 10.2 Å². The second-order valence-electron chi connectivity index (χ2n) is 7.80. The van der Waals surface area contributed by atoms with E-state index in [-0.39, 0.29) is 31.2 Å². The maximum absolute atomic E-state index is 13.7. The molecule has 1 saturated heterocycles. The van der Waals surface area contributed by atoms with Gasteiger partial charge in [-0.05, 0) is 51.8 Å². The number of aliphatic hydroxyl groups is 1. The Balaban J connectivity index is 1.85. The molecule has 1 aromatic rings. The molecule has 2 unspecified atom stereocenters. The molecule has 2 fully saturated rings. The van der Waals surface area contributed by atoms with E-state index in [4.69, 9.17) is 0 Å². The first-order chi connectivity index (χ1) is 13.8. The number of aromatic nitrogens is 1. The Hall–Kier alpha value is -2.00. The minimum atomic E-state index is -4.28. The number of nitrogens with zero attached hydrogens (tertiary/aromatic N) is 4. The van der Waals surface area contributed by atoms with E-state index in [0.29, 0.717) is 36.6 Å². The van der Waals surface area contributed by atoms with E-state index >= 15 is 0 Å². The molecule has 0 bridgehead atoms. The van der Waals surface area contributed by atoms with Crippen molar-refractivity contribution >= 4 is 30.1 Å². The van der Waals surface area contributed by atoms with Crippen LogP contribution >= 0.6 is 0 Å². The molecule has 0 amide bonds. The van der Waals surface area contributed by atoms with Gasteiger partial charge in [0.15, 0.2) is 5.82 Å². The fourth-order valence-corrected chi connectivity index (χ4v) is 4.29. The summed E-state index contributed by atoms with van der Waals surface area (Å²) in [7, 11) is 0. The Morgan fingerprint density at radius 2 is 1.97 bits per heavy atom. The van der Waals surface area contributed by atoms with E-state index in [1.807, 2.05) is 0 Å². The highest BCUT2D eigenvalue weighted by Gasteiger charge is 2.45. The quantitative estimate of drug-likeness (QED) is 0.723. The number of aliphatic hydroxyl groups excluding tert-OH is 1. The van der Waals surface area contributed by atoms with E-state index < -0.39 is 12.1 Å². The maximum atomic E-state index is 13.7. The number of piperidine rings is 1. The lowest BCUT2D eigenvalue weighted by atomic mass is 9.89. The summed E-state index contributed by atoms with van der Waals surface area (Å²) >= 11 is 0. The lowest BCUT2D eigenvalue weighted by Gasteiger charge is -2.42. The number of alkyl halides is 3. The minimum absolute atomic E-state index is 0.0447. The van der Waals surface area contributed by atoms with Crippen molar-refractivity contribution in [3.8, 4) is 0 Å². The maximum Gasteiger partial charge on any atom is 0.393 e. The first kappa shape index (κ1) is 21.7. The summed E-state index contributed by atoms with van der Waals surface area (Å²) in [5.74, 6) is -1.13. The van der Waals surface area contributed by atoms with Gasteiger partial charge in [0.1, 0.15) is 5.69 Å². The van der Waals surface area contributed by atoms with Crippen molar-refractivity contribution in [2.24, 2.45) is 15.9 Å². The lowest BCUT2D eigenvalue weighted by Crippen LogP contribution is -2.55. The van der Waals surface area contributed by atoms with Crippen LogP contribution in [0.4, 0.5) is 30.4 Å². The molecule has 1 aliphatic heterocycles. The molecule has 1 aromatic heterocycles. The number of hydrogen-bond acceptors (Lipinski definition) is 6. The third-order valence-electron chi connectivity index (χ3n) is 5.71. The zero-order valence-corrected chi connectivity index (χ0v) is 16.6. The Kier molecular flexibility index (Phi) is 6.89. The number of rotatable bonds is 5. The van der Waals surface area contributed by atoms with Gasteiger partial charge < -0.3 is 15.3 Å². The van der Waals surface area contributed by atoms with Crippen LogP contribution in [0.5, 0.6) is 0 Å². The molecule has 160 valence electrons. The van der Waals surface area contributed by atoms with Crippen LogP contribution in [-0.2, 0) is 0 Å². The average Bonchev–Trinajstić information content (AvgIpc) is 2.69. The fraction of sp³-hybridized carbons (Fsp3) is 0.650. The summed E-state index contributed by atoms with van der Waals surface area (Å²) in [6, 6.07) is 1.51. The molecule has 2 N–H and O–H groups in total. The predicted molar refractivity (Wildman–Crippen MR) is 109 cm³/mol. The predicted octanol–water partition coefficient (Wildman–Crippen LogP) is 3.79. The largest absolute Gasteiger partial charge is 0.393 e. The average molecular weight is 411 g/mol. The van der Waals surface area contributed by atoms with Gasteiger partial charge in [0.2, 0.25) is 0 Å². The summed E-state index contributed by atoms with van der Waals surface area (Å²) in [6.45, 7) is 5.55. The molecular weight excluding hydrogens is 383 g/mol. The third-order valence-corrected chi connectivity index (χ3v) is 5.71. The number of nitrogens with one attached hydrogen (secondary N) is 1. The number of pyridine rings is 1. The van der Waals surface area contributed by atoms with E-state index in [0.717, 1.165) is 12.8 Å². The van der Waals surface area contributed by atoms with Crippen molar-refractivity contribution in [3.63, 3.8) is 0 Å². The highest BCUT2D eigenvalue weighted by molar-refractivity contribution is 5.80. The molecule has 1 aliphatic carbocycles. The van der Waals surface area contributed by atoms with Gasteiger partial charge in [0.05, 0.1) is 17.7 Å². The van der Waals surface area contributed by atoms with E-state index in [9.17, 15) is 18.3 Å². The fourth-order valence-electron chi connectivity index (χ4n) is 4.29.